The van der Waals surface area contributed by atoms with E-state index < -0.39 is 10.1 Å². The van der Waals surface area contributed by atoms with Crippen molar-refractivity contribution in [2.75, 3.05) is 0 Å². The van der Waals surface area contributed by atoms with Gasteiger partial charge in [-0.3, -0.25) is 0 Å². The van der Waals surface area contributed by atoms with Crippen LogP contribution in [0, 0.1) is 4.91 Å². The summed E-state index contributed by atoms with van der Waals surface area (Å²) in [7, 11) is -3.86. The third-order valence-corrected chi connectivity index (χ3v) is 2.31. The molecule has 0 aliphatic heterocycles. The summed E-state index contributed by atoms with van der Waals surface area (Å²) in [6.45, 7) is 0. The molecule has 0 fully saturated rings. The maximum Gasteiger partial charge on any atom is 0.336 e. The van der Waals surface area contributed by atoms with Crippen LogP contribution in [0.5, 0.6) is 0 Å². The molecule has 0 spiro atoms. The highest BCUT2D eigenvalue weighted by atomic mass is 32.2. The molecule has 0 atom stereocenters. The van der Waals surface area contributed by atoms with Crippen LogP contribution in [0.25, 0.3) is 0 Å². The molecule has 0 heterocycles. The Kier molecular flexibility index (Phi) is 2.97. The molecule has 1 aromatic rings. The van der Waals surface area contributed by atoms with E-state index in [-0.39, 0.29) is 5.75 Å². The molecular formula is C7H7NO4S. The zero-order valence-electron chi connectivity index (χ0n) is 6.58. The average molecular weight is 201 g/mol. The van der Waals surface area contributed by atoms with Crippen LogP contribution in [0.15, 0.2) is 35.7 Å². The van der Waals surface area contributed by atoms with E-state index in [1.54, 1.807) is 30.3 Å². The van der Waals surface area contributed by atoms with Gasteiger partial charge in [-0.15, -0.1) is 4.91 Å². The van der Waals surface area contributed by atoms with Crippen LogP contribution < -0.4 is 0 Å². The standard InChI is InChI=1S/C7H7NO4S/c9-8-12-13(10,11)6-7-4-2-1-3-5-7/h1-5H,6H2. The van der Waals surface area contributed by atoms with Crippen LogP contribution in [-0.4, -0.2) is 8.42 Å². The van der Waals surface area contributed by atoms with Gasteiger partial charge in [-0.05, 0) is 5.56 Å². The molecule has 6 heteroatoms. The molecule has 0 unspecified atom stereocenters. The van der Waals surface area contributed by atoms with Crippen LogP contribution in [0.1, 0.15) is 5.56 Å². The molecule has 0 saturated heterocycles. The first kappa shape index (κ1) is 9.66. The van der Waals surface area contributed by atoms with E-state index in [9.17, 15) is 13.3 Å². The Bertz CT molecular complexity index is 373. The second kappa shape index (κ2) is 3.99. The van der Waals surface area contributed by atoms with E-state index in [1.807, 2.05) is 5.34 Å². The third kappa shape index (κ3) is 3.20. The van der Waals surface area contributed by atoms with Crippen molar-refractivity contribution in [2.24, 2.45) is 5.34 Å². The van der Waals surface area contributed by atoms with Crippen molar-refractivity contribution in [3.8, 4) is 0 Å². The van der Waals surface area contributed by atoms with Crippen molar-refractivity contribution in [1.29, 1.82) is 0 Å². The van der Waals surface area contributed by atoms with Gasteiger partial charge in [-0.1, -0.05) is 30.3 Å². The molecular weight excluding hydrogens is 194 g/mol. The lowest BCUT2D eigenvalue weighted by atomic mass is 10.2. The summed E-state index contributed by atoms with van der Waals surface area (Å²) in [5, 5.41) is 1.87. The van der Waals surface area contributed by atoms with Gasteiger partial charge >= 0.3 is 10.1 Å². The number of hydrogen-bond acceptors (Lipinski definition) is 5. The Labute approximate surface area is 75.4 Å². The Balaban J connectivity index is 2.75. The predicted molar refractivity (Wildman–Crippen MR) is 45.9 cm³/mol. The Morgan fingerprint density at radius 2 is 1.85 bits per heavy atom. The van der Waals surface area contributed by atoms with Gasteiger partial charge in [0, 0.05) is 0 Å². The van der Waals surface area contributed by atoms with Gasteiger partial charge in [-0.2, -0.15) is 8.42 Å². The summed E-state index contributed by atoms with van der Waals surface area (Å²) in [4.78, 5) is 9.56. The molecule has 0 bridgehead atoms. The molecule has 13 heavy (non-hydrogen) atoms. The van der Waals surface area contributed by atoms with Crippen LogP contribution in [0.4, 0.5) is 0 Å². The van der Waals surface area contributed by atoms with Crippen molar-refractivity contribution >= 4 is 10.1 Å². The number of hydrogen-bond donors (Lipinski definition) is 0. The highest BCUT2D eigenvalue weighted by Gasteiger charge is 2.12. The molecule has 0 aliphatic rings. The maximum atomic E-state index is 10.9. The molecule has 1 aromatic carbocycles. The summed E-state index contributed by atoms with van der Waals surface area (Å²) in [5.41, 5.74) is 0.547. The van der Waals surface area contributed by atoms with E-state index in [0.717, 1.165) is 0 Å². The predicted octanol–water partition coefficient (Wildman–Crippen LogP) is 1.21. The van der Waals surface area contributed by atoms with Gasteiger partial charge in [0.05, 0.1) is 0 Å². The van der Waals surface area contributed by atoms with Gasteiger partial charge in [-0.25, -0.2) is 4.28 Å². The second-order valence-electron chi connectivity index (χ2n) is 2.34. The lowest BCUT2D eigenvalue weighted by molar-refractivity contribution is 0.332. The SMILES string of the molecule is O=NOS(=O)(=O)Cc1ccccc1. The smallest absolute Gasteiger partial charge is 0.232 e. The fourth-order valence-corrected chi connectivity index (χ4v) is 1.60. The van der Waals surface area contributed by atoms with Gasteiger partial charge < -0.3 is 0 Å². The van der Waals surface area contributed by atoms with Crippen LogP contribution in [0.2, 0.25) is 0 Å². The number of nitrogens with zero attached hydrogens (tertiary/aromatic N) is 1. The lowest BCUT2D eigenvalue weighted by Gasteiger charge is -1.98. The van der Waals surface area contributed by atoms with E-state index >= 15 is 0 Å². The second-order valence-corrected chi connectivity index (χ2v) is 3.89. The van der Waals surface area contributed by atoms with Crippen molar-refractivity contribution in [1.82, 2.24) is 0 Å². The van der Waals surface area contributed by atoms with Crippen molar-refractivity contribution < 1.29 is 12.7 Å². The highest BCUT2D eigenvalue weighted by molar-refractivity contribution is 7.85. The van der Waals surface area contributed by atoms with E-state index in [4.69, 9.17) is 0 Å². The van der Waals surface area contributed by atoms with Crippen molar-refractivity contribution in [2.45, 2.75) is 5.75 Å². The zero-order chi connectivity index (χ0) is 9.73. The third-order valence-electron chi connectivity index (χ3n) is 1.33. The number of benzene rings is 1. The minimum Gasteiger partial charge on any atom is -0.232 e. The van der Waals surface area contributed by atoms with Gasteiger partial charge in [0.2, 0.25) is 0 Å². The normalized spacial score (nSPS) is 10.8. The molecule has 0 aromatic heterocycles. The number of rotatable bonds is 4. The summed E-state index contributed by atoms with van der Waals surface area (Å²) >= 11 is 0. The topological polar surface area (TPSA) is 72.8 Å². The highest BCUT2D eigenvalue weighted by Crippen LogP contribution is 2.06. The largest absolute Gasteiger partial charge is 0.336 e. The first-order valence-corrected chi connectivity index (χ1v) is 5.00. The fraction of sp³-hybridized carbons (Fsp3) is 0.143. The van der Waals surface area contributed by atoms with Crippen LogP contribution in [0.3, 0.4) is 0 Å². The van der Waals surface area contributed by atoms with Crippen molar-refractivity contribution in [3.05, 3.63) is 40.8 Å². The molecule has 0 aliphatic carbocycles. The summed E-state index contributed by atoms with van der Waals surface area (Å²) in [6, 6.07) is 8.38. The van der Waals surface area contributed by atoms with E-state index in [0.29, 0.717) is 5.56 Å². The van der Waals surface area contributed by atoms with Crippen LogP contribution >= 0.6 is 0 Å². The maximum absolute atomic E-state index is 10.9. The molecule has 70 valence electrons. The Hall–Kier alpha value is -1.43. The Morgan fingerprint density at radius 3 is 2.38 bits per heavy atom. The van der Waals surface area contributed by atoms with Crippen LogP contribution in [-0.2, 0) is 20.2 Å². The quantitative estimate of drug-likeness (QED) is 0.542. The lowest BCUT2D eigenvalue weighted by Crippen LogP contribution is -2.04. The molecule has 5 nitrogen and oxygen atoms in total. The van der Waals surface area contributed by atoms with E-state index in [2.05, 4.69) is 4.28 Å². The summed E-state index contributed by atoms with van der Waals surface area (Å²) < 4.78 is 25.4. The average Bonchev–Trinajstić information content (AvgIpc) is 2.04. The zero-order valence-corrected chi connectivity index (χ0v) is 7.40. The molecule has 0 N–H and O–H groups in total. The minimum absolute atomic E-state index is 0.348. The molecule has 0 radical (unpaired) electrons. The Morgan fingerprint density at radius 1 is 1.23 bits per heavy atom. The first-order chi connectivity index (χ1) is 6.14. The molecule has 0 amide bonds. The van der Waals surface area contributed by atoms with Gasteiger partial charge in [0.15, 0.2) is 5.34 Å². The summed E-state index contributed by atoms with van der Waals surface area (Å²) in [5.74, 6) is -0.348. The minimum atomic E-state index is -3.86. The van der Waals surface area contributed by atoms with Gasteiger partial charge in [0.1, 0.15) is 5.75 Å². The monoisotopic (exact) mass is 201 g/mol. The summed E-state index contributed by atoms with van der Waals surface area (Å²) in [6.07, 6.45) is 0. The molecule has 0 saturated carbocycles. The van der Waals surface area contributed by atoms with Crippen molar-refractivity contribution in [3.63, 3.8) is 0 Å². The van der Waals surface area contributed by atoms with E-state index in [1.165, 1.54) is 0 Å². The first-order valence-electron chi connectivity index (χ1n) is 3.42. The fourth-order valence-electron chi connectivity index (χ4n) is 0.851. The molecule has 1 rings (SSSR count). The van der Waals surface area contributed by atoms with Gasteiger partial charge in [0.25, 0.3) is 0 Å².